The minimum atomic E-state index is -1.76. The monoisotopic (exact) mass is 312 g/mol. The van der Waals surface area contributed by atoms with E-state index in [-0.39, 0.29) is 10.9 Å². The van der Waals surface area contributed by atoms with E-state index in [1.54, 1.807) is 6.07 Å². The van der Waals surface area contributed by atoms with Crippen molar-refractivity contribution in [2.24, 2.45) is 0 Å². The molecule has 0 saturated carbocycles. The third-order valence-corrected chi connectivity index (χ3v) is 8.14. The fourth-order valence-corrected chi connectivity index (χ4v) is 2.30. The second kappa shape index (κ2) is 6.99. The average Bonchev–Trinajstić information content (AvgIpc) is 2.42. The highest BCUT2D eigenvalue weighted by Gasteiger charge is 2.36. The molecule has 6 nitrogen and oxygen atoms in total. The Hall–Kier alpha value is -1.47. The number of carbonyl (C=O) groups excluding carboxylic acids is 1. The van der Waals surface area contributed by atoms with Crippen LogP contribution < -0.4 is 4.74 Å². The van der Waals surface area contributed by atoms with E-state index in [2.05, 4.69) is 48.6 Å². The van der Waals surface area contributed by atoms with Crippen molar-refractivity contribution in [1.29, 1.82) is 0 Å². The number of carbonyl (C=O) groups is 1. The van der Waals surface area contributed by atoms with Crippen LogP contribution in [0.5, 0.6) is 5.88 Å². The summed E-state index contributed by atoms with van der Waals surface area (Å²) in [5.74, 6) is -0.262. The highest BCUT2D eigenvalue weighted by Crippen LogP contribution is 2.36. The topological polar surface area (TPSA) is 70.5 Å². The summed E-state index contributed by atoms with van der Waals surface area (Å²) in [4.78, 5) is 19.1. The lowest BCUT2D eigenvalue weighted by molar-refractivity contribution is 0.0585. The summed E-state index contributed by atoms with van der Waals surface area (Å²) in [5.41, 5.74) is 0. The van der Waals surface area contributed by atoms with E-state index in [0.29, 0.717) is 19.1 Å². The van der Waals surface area contributed by atoms with Gasteiger partial charge in [-0.05, 0) is 18.1 Å². The summed E-state index contributed by atoms with van der Waals surface area (Å²) in [6, 6.07) is 1.60. The van der Waals surface area contributed by atoms with Gasteiger partial charge >= 0.3 is 5.97 Å². The predicted molar refractivity (Wildman–Crippen MR) is 82.0 cm³/mol. The first-order chi connectivity index (χ1) is 9.67. The summed E-state index contributed by atoms with van der Waals surface area (Å²) < 4.78 is 16.0. The van der Waals surface area contributed by atoms with Crippen LogP contribution in [0.3, 0.4) is 0 Å². The molecule has 0 radical (unpaired) electrons. The highest BCUT2D eigenvalue weighted by molar-refractivity contribution is 6.74. The van der Waals surface area contributed by atoms with Crippen LogP contribution in [0.1, 0.15) is 31.4 Å². The van der Waals surface area contributed by atoms with Gasteiger partial charge in [-0.25, -0.2) is 9.78 Å². The molecule has 7 heteroatoms. The molecule has 0 fully saturated rings. The molecule has 0 aliphatic rings. The Balaban J connectivity index is 2.48. The van der Waals surface area contributed by atoms with Crippen LogP contribution >= 0.6 is 0 Å². The Bertz CT molecular complexity index is 486. The Kier molecular flexibility index (Phi) is 5.85. The van der Waals surface area contributed by atoms with Crippen molar-refractivity contribution < 1.29 is 18.7 Å². The van der Waals surface area contributed by atoms with Gasteiger partial charge in [0, 0.05) is 12.3 Å². The van der Waals surface area contributed by atoms with E-state index in [4.69, 9.17) is 9.16 Å². The average molecular weight is 312 g/mol. The van der Waals surface area contributed by atoms with Crippen molar-refractivity contribution in [3.63, 3.8) is 0 Å². The summed E-state index contributed by atoms with van der Waals surface area (Å²) in [7, 11) is -0.481. The molecule has 0 amide bonds. The lowest BCUT2D eigenvalue weighted by Gasteiger charge is -2.36. The van der Waals surface area contributed by atoms with Crippen molar-refractivity contribution >= 4 is 14.3 Å². The molecule has 1 aromatic rings. The summed E-state index contributed by atoms with van der Waals surface area (Å²) in [6.07, 6.45) is 1.46. The Morgan fingerprint density at radius 1 is 1.29 bits per heavy atom. The zero-order valence-corrected chi connectivity index (χ0v) is 14.6. The van der Waals surface area contributed by atoms with Crippen molar-refractivity contribution in [2.45, 2.75) is 38.9 Å². The van der Waals surface area contributed by atoms with Crippen molar-refractivity contribution in [1.82, 2.24) is 9.97 Å². The molecule has 0 spiro atoms. The number of rotatable bonds is 6. The standard InChI is InChI=1S/C14H24N2O4Si/c1-14(2,3)21(5,6)20-10-9-19-11-7-8-15-12(16-11)13(17)18-4/h7-8H,9-10H2,1-6H3. The largest absolute Gasteiger partial charge is 0.475 e. The van der Waals surface area contributed by atoms with Gasteiger partial charge in [0.1, 0.15) is 6.61 Å². The Morgan fingerprint density at radius 3 is 2.52 bits per heavy atom. The SMILES string of the molecule is COC(=O)c1nccc(OCCO[Si](C)(C)C(C)(C)C)n1. The molecule has 0 aliphatic heterocycles. The van der Waals surface area contributed by atoms with Gasteiger partial charge in [-0.2, -0.15) is 4.98 Å². The first kappa shape index (κ1) is 17.6. The van der Waals surface area contributed by atoms with Crippen LogP contribution in [-0.4, -0.2) is 44.6 Å². The number of ether oxygens (including phenoxy) is 2. The number of hydrogen-bond donors (Lipinski definition) is 0. The third-order valence-electron chi connectivity index (χ3n) is 3.60. The number of hydrogen-bond acceptors (Lipinski definition) is 6. The first-order valence-electron chi connectivity index (χ1n) is 6.85. The zero-order chi connectivity index (χ0) is 16.1. The van der Waals surface area contributed by atoms with Crippen LogP contribution in [-0.2, 0) is 9.16 Å². The lowest BCUT2D eigenvalue weighted by atomic mass is 10.2. The van der Waals surface area contributed by atoms with Crippen LogP contribution in [0.15, 0.2) is 12.3 Å². The van der Waals surface area contributed by atoms with E-state index in [1.807, 2.05) is 0 Å². The molecule has 0 atom stereocenters. The second-order valence-corrected chi connectivity index (χ2v) is 11.0. The third kappa shape index (κ3) is 5.09. The van der Waals surface area contributed by atoms with E-state index < -0.39 is 14.3 Å². The van der Waals surface area contributed by atoms with Gasteiger partial charge in [0.2, 0.25) is 11.7 Å². The van der Waals surface area contributed by atoms with Gasteiger partial charge in [0.15, 0.2) is 8.32 Å². The maximum Gasteiger partial charge on any atom is 0.376 e. The van der Waals surface area contributed by atoms with Gasteiger partial charge < -0.3 is 13.9 Å². The Labute approximate surface area is 127 Å². The Morgan fingerprint density at radius 2 is 1.95 bits per heavy atom. The number of methoxy groups -OCH3 is 1. The van der Waals surface area contributed by atoms with Crippen LogP contribution in [0.4, 0.5) is 0 Å². The first-order valence-corrected chi connectivity index (χ1v) is 9.76. The lowest BCUT2D eigenvalue weighted by Crippen LogP contribution is -2.41. The maximum atomic E-state index is 11.3. The van der Waals surface area contributed by atoms with E-state index in [0.717, 1.165) is 0 Å². The smallest absolute Gasteiger partial charge is 0.376 e. The molecule has 0 aromatic carbocycles. The normalized spacial score (nSPS) is 12.1. The molecule has 118 valence electrons. The molecule has 0 bridgehead atoms. The van der Waals surface area contributed by atoms with E-state index >= 15 is 0 Å². The fraction of sp³-hybridized carbons (Fsp3) is 0.643. The van der Waals surface area contributed by atoms with Gasteiger partial charge in [-0.3, -0.25) is 0 Å². The van der Waals surface area contributed by atoms with Crippen LogP contribution in [0.25, 0.3) is 0 Å². The molecule has 1 heterocycles. The quantitative estimate of drug-likeness (QED) is 0.457. The zero-order valence-electron chi connectivity index (χ0n) is 13.6. The van der Waals surface area contributed by atoms with E-state index in [1.165, 1.54) is 13.3 Å². The minimum Gasteiger partial charge on any atom is -0.475 e. The minimum absolute atomic E-state index is 0.0136. The molecule has 0 N–H and O–H groups in total. The van der Waals surface area contributed by atoms with Crippen LogP contribution in [0, 0.1) is 0 Å². The highest BCUT2D eigenvalue weighted by atomic mass is 28.4. The second-order valence-electron chi connectivity index (χ2n) is 6.17. The summed E-state index contributed by atoms with van der Waals surface area (Å²) >= 11 is 0. The van der Waals surface area contributed by atoms with Crippen molar-refractivity contribution in [2.75, 3.05) is 20.3 Å². The fourth-order valence-electron chi connectivity index (χ4n) is 1.27. The molecular formula is C14H24N2O4Si. The molecule has 21 heavy (non-hydrogen) atoms. The summed E-state index contributed by atoms with van der Waals surface area (Å²) in [5, 5.41) is 0.167. The number of esters is 1. The van der Waals surface area contributed by atoms with Crippen LogP contribution in [0.2, 0.25) is 18.1 Å². The van der Waals surface area contributed by atoms with Crippen molar-refractivity contribution in [3.05, 3.63) is 18.1 Å². The molecule has 1 rings (SSSR count). The maximum absolute atomic E-state index is 11.3. The molecule has 0 saturated heterocycles. The molecule has 1 aromatic heterocycles. The predicted octanol–water partition coefficient (Wildman–Crippen LogP) is 2.66. The molecule has 0 unspecified atom stereocenters. The van der Waals surface area contributed by atoms with Gasteiger partial charge in [-0.15, -0.1) is 0 Å². The van der Waals surface area contributed by atoms with Crippen molar-refractivity contribution in [3.8, 4) is 5.88 Å². The van der Waals surface area contributed by atoms with Gasteiger partial charge in [0.05, 0.1) is 13.7 Å². The van der Waals surface area contributed by atoms with Gasteiger partial charge in [-0.1, -0.05) is 20.8 Å². The number of nitrogens with zero attached hydrogens (tertiary/aromatic N) is 2. The van der Waals surface area contributed by atoms with Gasteiger partial charge in [0.25, 0.3) is 0 Å². The summed E-state index contributed by atoms with van der Waals surface area (Å²) in [6.45, 7) is 11.8. The number of aromatic nitrogens is 2. The molecular weight excluding hydrogens is 288 g/mol. The van der Waals surface area contributed by atoms with E-state index in [9.17, 15) is 4.79 Å². The molecule has 0 aliphatic carbocycles.